The number of epoxide rings is 1. The zero-order valence-electron chi connectivity index (χ0n) is 6.76. The number of rotatable bonds is 2. The van der Waals surface area contributed by atoms with Gasteiger partial charge in [0.15, 0.2) is 0 Å². The molecule has 0 aliphatic carbocycles. The summed E-state index contributed by atoms with van der Waals surface area (Å²) < 4.78 is 5.97. The minimum atomic E-state index is 0.159. The molecule has 1 unspecified atom stereocenters. The van der Waals surface area contributed by atoms with Gasteiger partial charge in [-0.2, -0.15) is 0 Å². The third kappa shape index (κ3) is 1.98. The van der Waals surface area contributed by atoms with Crippen molar-refractivity contribution in [3.8, 4) is 5.75 Å². The summed E-state index contributed by atoms with van der Waals surface area (Å²) in [6.07, 6.45) is 0.966. The summed E-state index contributed by atoms with van der Waals surface area (Å²) in [6.45, 7) is 0.776. The molecule has 2 nitrogen and oxygen atoms in total. The van der Waals surface area contributed by atoms with Gasteiger partial charge in [0.05, 0.1) is 17.7 Å². The van der Waals surface area contributed by atoms with Crippen LogP contribution in [0.1, 0.15) is 5.56 Å². The van der Waals surface area contributed by atoms with Gasteiger partial charge < -0.3 is 9.84 Å². The van der Waals surface area contributed by atoms with E-state index in [1.54, 1.807) is 6.07 Å². The van der Waals surface area contributed by atoms with E-state index in [2.05, 4.69) is 15.9 Å². The van der Waals surface area contributed by atoms with Crippen LogP contribution < -0.4 is 0 Å². The number of hydrogen-bond donors (Lipinski definition) is 1. The monoisotopic (exact) mass is 262 g/mol. The Bertz CT molecular complexity index is 337. The average Bonchev–Trinajstić information content (AvgIpc) is 2.89. The van der Waals surface area contributed by atoms with Crippen LogP contribution in [0.2, 0.25) is 5.02 Å². The van der Waals surface area contributed by atoms with E-state index in [-0.39, 0.29) is 11.9 Å². The summed E-state index contributed by atoms with van der Waals surface area (Å²) >= 11 is 9.14. The molecule has 0 radical (unpaired) electrons. The Labute approximate surface area is 89.6 Å². The fraction of sp³-hybridized carbons (Fsp3) is 0.333. The number of phenols is 1. The van der Waals surface area contributed by atoms with Gasteiger partial charge in [-0.25, -0.2) is 0 Å². The molecular weight excluding hydrogens is 255 g/mol. The average molecular weight is 264 g/mol. The Hall–Kier alpha value is -0.250. The summed E-state index contributed by atoms with van der Waals surface area (Å²) in [5.41, 5.74) is 0.829. The summed E-state index contributed by atoms with van der Waals surface area (Å²) in [4.78, 5) is 0. The van der Waals surface area contributed by atoms with Gasteiger partial charge in [-0.3, -0.25) is 0 Å². The first kappa shape index (κ1) is 9.31. The van der Waals surface area contributed by atoms with Crippen molar-refractivity contribution in [2.75, 3.05) is 6.61 Å². The molecule has 1 aliphatic heterocycles. The van der Waals surface area contributed by atoms with E-state index >= 15 is 0 Å². The second-order valence-electron chi connectivity index (χ2n) is 3.02. The van der Waals surface area contributed by atoms with Crippen molar-refractivity contribution < 1.29 is 9.84 Å². The van der Waals surface area contributed by atoms with Crippen molar-refractivity contribution >= 4 is 27.5 Å². The van der Waals surface area contributed by atoms with E-state index in [4.69, 9.17) is 16.3 Å². The topological polar surface area (TPSA) is 32.8 Å². The molecule has 0 spiro atoms. The first-order chi connectivity index (χ1) is 6.18. The lowest BCUT2D eigenvalue weighted by Crippen LogP contribution is -1.95. The lowest BCUT2D eigenvalue weighted by atomic mass is 10.1. The minimum Gasteiger partial charge on any atom is -0.506 e. The summed E-state index contributed by atoms with van der Waals surface area (Å²) in [6, 6.07) is 3.50. The van der Waals surface area contributed by atoms with Crippen LogP contribution in [-0.4, -0.2) is 17.8 Å². The Morgan fingerprint density at radius 3 is 2.92 bits per heavy atom. The Balaban J connectivity index is 2.34. The third-order valence-electron chi connectivity index (χ3n) is 2.01. The van der Waals surface area contributed by atoms with Crippen LogP contribution in [0.4, 0.5) is 0 Å². The quantitative estimate of drug-likeness (QED) is 0.832. The van der Waals surface area contributed by atoms with Crippen molar-refractivity contribution in [3.63, 3.8) is 0 Å². The highest BCUT2D eigenvalue weighted by Crippen LogP contribution is 2.35. The smallest absolute Gasteiger partial charge is 0.138 e. The van der Waals surface area contributed by atoms with Crippen molar-refractivity contribution in [3.05, 3.63) is 27.2 Å². The van der Waals surface area contributed by atoms with Gasteiger partial charge in [-0.05, 0) is 12.1 Å². The van der Waals surface area contributed by atoms with Gasteiger partial charge >= 0.3 is 0 Å². The predicted molar refractivity (Wildman–Crippen MR) is 54.3 cm³/mol. The van der Waals surface area contributed by atoms with Gasteiger partial charge in [-0.1, -0.05) is 27.5 Å². The molecule has 1 aromatic carbocycles. The molecule has 13 heavy (non-hydrogen) atoms. The first-order valence-electron chi connectivity index (χ1n) is 3.96. The molecule has 1 heterocycles. The number of benzene rings is 1. The second-order valence-corrected chi connectivity index (χ2v) is 4.28. The highest BCUT2D eigenvalue weighted by Gasteiger charge is 2.25. The fourth-order valence-corrected chi connectivity index (χ4v) is 1.85. The minimum absolute atomic E-state index is 0.159. The maximum absolute atomic E-state index is 9.64. The maximum Gasteiger partial charge on any atom is 0.138 e. The van der Waals surface area contributed by atoms with E-state index in [0.29, 0.717) is 11.4 Å². The van der Waals surface area contributed by atoms with Crippen molar-refractivity contribution in [1.29, 1.82) is 0 Å². The third-order valence-corrected chi connectivity index (χ3v) is 3.06. The summed E-state index contributed by atoms with van der Waals surface area (Å²) in [7, 11) is 0. The van der Waals surface area contributed by atoms with E-state index in [0.717, 1.165) is 16.6 Å². The largest absolute Gasteiger partial charge is 0.506 e. The fourth-order valence-electron chi connectivity index (χ4n) is 1.19. The van der Waals surface area contributed by atoms with Crippen LogP contribution in [0.15, 0.2) is 16.6 Å². The number of halogens is 2. The Morgan fingerprint density at radius 1 is 1.62 bits per heavy atom. The Kier molecular flexibility index (Phi) is 2.49. The highest BCUT2D eigenvalue weighted by atomic mass is 79.9. The molecule has 1 saturated heterocycles. The molecule has 0 bridgehead atoms. The molecular formula is C9H8BrClO2. The Morgan fingerprint density at radius 2 is 2.31 bits per heavy atom. The van der Waals surface area contributed by atoms with Crippen molar-refractivity contribution in [2.24, 2.45) is 0 Å². The van der Waals surface area contributed by atoms with Gasteiger partial charge in [-0.15, -0.1) is 0 Å². The van der Waals surface area contributed by atoms with Crippen molar-refractivity contribution in [1.82, 2.24) is 0 Å². The normalized spacial score (nSPS) is 20.3. The molecule has 1 aliphatic rings. The van der Waals surface area contributed by atoms with Crippen molar-refractivity contribution in [2.45, 2.75) is 12.5 Å². The van der Waals surface area contributed by atoms with Crippen LogP contribution in [0.3, 0.4) is 0 Å². The molecule has 2 rings (SSSR count). The van der Waals surface area contributed by atoms with E-state index < -0.39 is 0 Å². The van der Waals surface area contributed by atoms with E-state index in [1.165, 1.54) is 0 Å². The predicted octanol–water partition coefficient (Wildman–Crippen LogP) is 2.75. The highest BCUT2D eigenvalue weighted by molar-refractivity contribution is 9.10. The zero-order chi connectivity index (χ0) is 9.42. The van der Waals surface area contributed by atoms with Gasteiger partial charge in [0.25, 0.3) is 0 Å². The first-order valence-corrected chi connectivity index (χ1v) is 5.13. The van der Waals surface area contributed by atoms with Crippen LogP contribution in [0.25, 0.3) is 0 Å². The number of ether oxygens (including phenoxy) is 1. The molecule has 1 atom stereocenters. The second kappa shape index (κ2) is 3.48. The maximum atomic E-state index is 9.64. The van der Waals surface area contributed by atoms with Crippen LogP contribution in [0, 0.1) is 0 Å². The molecule has 1 aromatic rings. The number of hydrogen-bond acceptors (Lipinski definition) is 2. The van der Waals surface area contributed by atoms with Gasteiger partial charge in [0.2, 0.25) is 0 Å². The molecule has 70 valence electrons. The molecule has 1 N–H and O–H groups in total. The molecule has 0 amide bonds. The number of phenolic OH excluding ortho intramolecular Hbond substituents is 1. The lowest BCUT2D eigenvalue weighted by Gasteiger charge is -2.06. The van der Waals surface area contributed by atoms with Crippen LogP contribution in [0.5, 0.6) is 5.75 Å². The lowest BCUT2D eigenvalue weighted by molar-refractivity contribution is 0.401. The van der Waals surface area contributed by atoms with E-state index in [1.807, 2.05) is 6.07 Å². The molecule has 4 heteroatoms. The zero-order valence-corrected chi connectivity index (χ0v) is 9.10. The van der Waals surface area contributed by atoms with E-state index in [9.17, 15) is 5.11 Å². The van der Waals surface area contributed by atoms with Gasteiger partial charge in [0.1, 0.15) is 5.75 Å². The number of aromatic hydroxyl groups is 1. The van der Waals surface area contributed by atoms with Crippen LogP contribution in [-0.2, 0) is 11.2 Å². The summed E-state index contributed by atoms with van der Waals surface area (Å²) in [5.74, 6) is 0.159. The molecule has 0 saturated carbocycles. The SMILES string of the molecule is Oc1c(Cl)ccc(Br)c1CC1CO1. The summed E-state index contributed by atoms with van der Waals surface area (Å²) in [5, 5.41) is 10.0. The molecule has 1 fully saturated rings. The van der Waals surface area contributed by atoms with Gasteiger partial charge in [0, 0.05) is 16.5 Å². The van der Waals surface area contributed by atoms with Crippen LogP contribution >= 0.6 is 27.5 Å². The molecule has 0 aromatic heterocycles. The standard InChI is InChI=1S/C9H8BrClO2/c10-7-1-2-8(11)9(12)6(7)3-5-4-13-5/h1-2,5,12H,3-4H2.